The minimum absolute atomic E-state index is 0.160. The first-order valence-corrected chi connectivity index (χ1v) is 4.88. The maximum Gasteiger partial charge on any atom is 0.252 e. The fourth-order valence-corrected chi connectivity index (χ4v) is 1.58. The van der Waals surface area contributed by atoms with Crippen molar-refractivity contribution in [2.75, 3.05) is 13.7 Å². The minimum atomic E-state index is 0.160. The number of nitrogens with zero attached hydrogens (tertiary/aromatic N) is 3. The van der Waals surface area contributed by atoms with Crippen molar-refractivity contribution in [1.29, 1.82) is 0 Å². The highest BCUT2D eigenvalue weighted by Gasteiger charge is 2.21. The van der Waals surface area contributed by atoms with Gasteiger partial charge in [0.1, 0.15) is 6.61 Å². The van der Waals surface area contributed by atoms with Crippen LogP contribution in [0, 0.1) is 0 Å². The standard InChI is InChI=1S/C9H13N3O3/c1-14-6-8-10-7(11-15-8)5-12-4-2-3-9(12)13/h2-6H2,1H3. The van der Waals surface area contributed by atoms with Crippen LogP contribution in [-0.4, -0.2) is 34.6 Å². The van der Waals surface area contributed by atoms with Gasteiger partial charge in [-0.3, -0.25) is 4.79 Å². The van der Waals surface area contributed by atoms with Crippen LogP contribution in [0.2, 0.25) is 0 Å². The summed E-state index contributed by atoms with van der Waals surface area (Å²) < 4.78 is 9.78. The number of methoxy groups -OCH3 is 1. The van der Waals surface area contributed by atoms with E-state index >= 15 is 0 Å². The number of carbonyl (C=O) groups is 1. The highest BCUT2D eigenvalue weighted by atomic mass is 16.5. The zero-order valence-electron chi connectivity index (χ0n) is 8.60. The van der Waals surface area contributed by atoms with Gasteiger partial charge in [0.2, 0.25) is 5.91 Å². The Morgan fingerprint density at radius 1 is 1.60 bits per heavy atom. The number of hydrogen-bond donors (Lipinski definition) is 0. The lowest BCUT2D eigenvalue weighted by Gasteiger charge is -2.11. The molecule has 6 heteroatoms. The third-order valence-electron chi connectivity index (χ3n) is 2.28. The van der Waals surface area contributed by atoms with Gasteiger partial charge in [0, 0.05) is 20.1 Å². The molecule has 1 aromatic rings. The lowest BCUT2D eigenvalue weighted by molar-refractivity contribution is -0.128. The van der Waals surface area contributed by atoms with Gasteiger partial charge in [0.15, 0.2) is 5.82 Å². The van der Waals surface area contributed by atoms with Crippen LogP contribution in [0.15, 0.2) is 4.52 Å². The Kier molecular flexibility index (Phi) is 2.96. The lowest BCUT2D eigenvalue weighted by Crippen LogP contribution is -2.24. The monoisotopic (exact) mass is 211 g/mol. The van der Waals surface area contributed by atoms with Crippen LogP contribution >= 0.6 is 0 Å². The van der Waals surface area contributed by atoms with Gasteiger partial charge < -0.3 is 14.2 Å². The van der Waals surface area contributed by atoms with E-state index in [1.807, 2.05) is 0 Å². The molecule has 0 aliphatic carbocycles. The molecule has 0 bridgehead atoms. The Balaban J connectivity index is 1.95. The van der Waals surface area contributed by atoms with Gasteiger partial charge in [-0.15, -0.1) is 0 Å². The second-order valence-corrected chi connectivity index (χ2v) is 3.46. The normalized spacial score (nSPS) is 16.3. The Labute approximate surface area is 87.2 Å². The van der Waals surface area contributed by atoms with Crippen molar-refractivity contribution >= 4 is 5.91 Å². The van der Waals surface area contributed by atoms with Crippen LogP contribution in [0.3, 0.4) is 0 Å². The van der Waals surface area contributed by atoms with E-state index in [1.165, 1.54) is 0 Å². The number of amides is 1. The lowest BCUT2D eigenvalue weighted by atomic mass is 10.4. The largest absolute Gasteiger partial charge is 0.375 e. The van der Waals surface area contributed by atoms with E-state index in [9.17, 15) is 4.79 Å². The molecule has 1 aliphatic rings. The Morgan fingerprint density at radius 3 is 3.13 bits per heavy atom. The SMILES string of the molecule is COCc1nc(CN2CCCC2=O)no1. The summed E-state index contributed by atoms with van der Waals surface area (Å²) in [5.74, 6) is 1.14. The fraction of sp³-hybridized carbons (Fsp3) is 0.667. The Morgan fingerprint density at radius 2 is 2.47 bits per heavy atom. The molecule has 1 fully saturated rings. The van der Waals surface area contributed by atoms with Crippen LogP contribution in [-0.2, 0) is 22.7 Å². The molecule has 0 spiro atoms. The number of aromatic nitrogens is 2. The Bertz CT molecular complexity index is 350. The van der Waals surface area contributed by atoms with Crippen molar-refractivity contribution in [3.05, 3.63) is 11.7 Å². The van der Waals surface area contributed by atoms with E-state index in [0.717, 1.165) is 13.0 Å². The molecule has 82 valence electrons. The average molecular weight is 211 g/mol. The van der Waals surface area contributed by atoms with Crippen molar-refractivity contribution in [1.82, 2.24) is 15.0 Å². The van der Waals surface area contributed by atoms with Crippen LogP contribution in [0.25, 0.3) is 0 Å². The van der Waals surface area contributed by atoms with Crippen molar-refractivity contribution in [3.8, 4) is 0 Å². The molecule has 0 atom stereocenters. The molecular formula is C9H13N3O3. The molecule has 1 saturated heterocycles. The molecule has 0 saturated carbocycles. The molecule has 1 aliphatic heterocycles. The molecule has 1 aromatic heterocycles. The third kappa shape index (κ3) is 2.33. The molecule has 0 unspecified atom stereocenters. The topological polar surface area (TPSA) is 68.5 Å². The predicted octanol–water partition coefficient (Wildman–Crippen LogP) is 0.338. The molecule has 6 nitrogen and oxygen atoms in total. The number of likely N-dealkylation sites (tertiary alicyclic amines) is 1. The molecular weight excluding hydrogens is 198 g/mol. The molecule has 15 heavy (non-hydrogen) atoms. The van der Waals surface area contributed by atoms with E-state index in [2.05, 4.69) is 10.1 Å². The van der Waals surface area contributed by atoms with Crippen molar-refractivity contribution < 1.29 is 14.1 Å². The summed E-state index contributed by atoms with van der Waals surface area (Å²) in [5.41, 5.74) is 0. The summed E-state index contributed by atoms with van der Waals surface area (Å²) in [4.78, 5) is 17.2. The minimum Gasteiger partial charge on any atom is -0.375 e. The summed E-state index contributed by atoms with van der Waals surface area (Å²) in [5, 5.41) is 3.77. The first-order valence-electron chi connectivity index (χ1n) is 4.88. The molecule has 2 rings (SSSR count). The number of rotatable bonds is 4. The third-order valence-corrected chi connectivity index (χ3v) is 2.28. The summed E-state index contributed by atoms with van der Waals surface area (Å²) in [6, 6.07) is 0. The van der Waals surface area contributed by atoms with Gasteiger partial charge in [-0.05, 0) is 6.42 Å². The van der Waals surface area contributed by atoms with E-state index in [0.29, 0.717) is 31.3 Å². The maximum atomic E-state index is 11.3. The zero-order valence-corrected chi connectivity index (χ0v) is 8.60. The molecule has 1 amide bonds. The van der Waals surface area contributed by atoms with E-state index in [4.69, 9.17) is 9.26 Å². The van der Waals surface area contributed by atoms with Crippen molar-refractivity contribution in [3.63, 3.8) is 0 Å². The van der Waals surface area contributed by atoms with Crippen LogP contribution in [0.5, 0.6) is 0 Å². The van der Waals surface area contributed by atoms with Crippen molar-refractivity contribution in [2.24, 2.45) is 0 Å². The molecule has 0 radical (unpaired) electrons. The second-order valence-electron chi connectivity index (χ2n) is 3.46. The van der Waals surface area contributed by atoms with E-state index in [1.54, 1.807) is 12.0 Å². The average Bonchev–Trinajstić information content (AvgIpc) is 2.79. The maximum absolute atomic E-state index is 11.3. The highest BCUT2D eigenvalue weighted by molar-refractivity contribution is 5.77. The first kappa shape index (κ1) is 10.1. The summed E-state index contributed by atoms with van der Waals surface area (Å²) in [7, 11) is 1.56. The van der Waals surface area contributed by atoms with E-state index in [-0.39, 0.29) is 5.91 Å². The fourth-order valence-electron chi connectivity index (χ4n) is 1.58. The number of carbonyl (C=O) groups excluding carboxylic acids is 1. The molecule has 0 N–H and O–H groups in total. The highest BCUT2D eigenvalue weighted by Crippen LogP contribution is 2.12. The van der Waals surface area contributed by atoms with Gasteiger partial charge in [-0.1, -0.05) is 5.16 Å². The number of hydrogen-bond acceptors (Lipinski definition) is 5. The molecule has 0 aromatic carbocycles. The van der Waals surface area contributed by atoms with Crippen LogP contribution in [0.1, 0.15) is 24.6 Å². The summed E-state index contributed by atoms with van der Waals surface area (Å²) in [6.07, 6.45) is 1.55. The predicted molar refractivity (Wildman–Crippen MR) is 49.7 cm³/mol. The molecule has 2 heterocycles. The van der Waals surface area contributed by atoms with Gasteiger partial charge in [-0.25, -0.2) is 0 Å². The summed E-state index contributed by atoms with van der Waals surface area (Å²) >= 11 is 0. The van der Waals surface area contributed by atoms with E-state index < -0.39 is 0 Å². The van der Waals surface area contributed by atoms with Gasteiger partial charge >= 0.3 is 0 Å². The number of ether oxygens (including phenoxy) is 1. The van der Waals surface area contributed by atoms with Gasteiger partial charge in [0.05, 0.1) is 6.54 Å². The quantitative estimate of drug-likeness (QED) is 0.718. The first-order chi connectivity index (χ1) is 7.29. The second kappa shape index (κ2) is 4.39. The summed E-state index contributed by atoms with van der Waals surface area (Å²) in [6.45, 7) is 1.53. The smallest absolute Gasteiger partial charge is 0.252 e. The van der Waals surface area contributed by atoms with Gasteiger partial charge in [-0.2, -0.15) is 4.98 Å². The zero-order chi connectivity index (χ0) is 10.7. The Hall–Kier alpha value is -1.43. The van der Waals surface area contributed by atoms with Crippen molar-refractivity contribution in [2.45, 2.75) is 26.0 Å². The van der Waals surface area contributed by atoms with Crippen LogP contribution < -0.4 is 0 Å². The van der Waals surface area contributed by atoms with Crippen LogP contribution in [0.4, 0.5) is 0 Å². The van der Waals surface area contributed by atoms with Gasteiger partial charge in [0.25, 0.3) is 5.89 Å².